The van der Waals surface area contributed by atoms with Crippen LogP contribution in [0, 0.1) is 20.8 Å². The highest BCUT2D eigenvalue weighted by molar-refractivity contribution is 7.92. The molecule has 1 aliphatic carbocycles. The number of benzene rings is 2. The zero-order valence-electron chi connectivity index (χ0n) is 18.1. The van der Waals surface area contributed by atoms with Gasteiger partial charge in [-0.3, -0.25) is 9.10 Å². The molecule has 0 aliphatic heterocycles. The first kappa shape index (κ1) is 22.3. The Labute approximate surface area is 180 Å². The van der Waals surface area contributed by atoms with Crippen LogP contribution in [-0.2, 0) is 14.8 Å². The molecule has 1 fully saturated rings. The molecule has 162 valence electrons. The maximum atomic E-state index is 13.5. The van der Waals surface area contributed by atoms with Crippen molar-refractivity contribution in [3.05, 3.63) is 59.2 Å². The fourth-order valence-electron chi connectivity index (χ4n) is 3.97. The highest BCUT2D eigenvalue weighted by Gasteiger charge is 2.29. The summed E-state index contributed by atoms with van der Waals surface area (Å²) in [5.41, 5.74) is 3.38. The lowest BCUT2D eigenvalue weighted by Gasteiger charge is -2.27. The van der Waals surface area contributed by atoms with Crippen LogP contribution in [0.1, 0.15) is 55.2 Å². The monoisotopic (exact) mass is 428 g/mol. The van der Waals surface area contributed by atoms with Gasteiger partial charge in [-0.15, -0.1) is 0 Å². The molecule has 3 rings (SSSR count). The summed E-state index contributed by atoms with van der Waals surface area (Å²) < 4.78 is 28.3. The molecule has 0 aromatic heterocycles. The van der Waals surface area contributed by atoms with Crippen molar-refractivity contribution in [2.45, 2.75) is 70.2 Å². The number of carbonyl (C=O) groups is 1. The van der Waals surface area contributed by atoms with E-state index in [0.717, 1.165) is 42.4 Å². The fourth-order valence-corrected chi connectivity index (χ4v) is 5.45. The van der Waals surface area contributed by atoms with Gasteiger partial charge < -0.3 is 5.32 Å². The Morgan fingerprint density at radius 2 is 1.60 bits per heavy atom. The molecule has 0 saturated heterocycles. The van der Waals surface area contributed by atoms with E-state index >= 15 is 0 Å². The van der Waals surface area contributed by atoms with Gasteiger partial charge in [0.1, 0.15) is 6.54 Å². The average Bonchev–Trinajstić information content (AvgIpc) is 2.97. The van der Waals surface area contributed by atoms with Gasteiger partial charge in [-0.25, -0.2) is 8.42 Å². The van der Waals surface area contributed by atoms with Gasteiger partial charge in [0.05, 0.1) is 10.6 Å². The molecule has 1 amide bonds. The molecule has 30 heavy (non-hydrogen) atoms. The van der Waals surface area contributed by atoms with Gasteiger partial charge in [-0.1, -0.05) is 55.5 Å². The Morgan fingerprint density at radius 3 is 2.23 bits per heavy atom. The largest absolute Gasteiger partial charge is 0.352 e. The number of carbonyl (C=O) groups excluding carboxylic acids is 1. The molecule has 0 atom stereocenters. The van der Waals surface area contributed by atoms with Crippen LogP contribution in [0.15, 0.2) is 47.4 Å². The average molecular weight is 429 g/mol. The molecule has 2 aromatic carbocycles. The van der Waals surface area contributed by atoms with Crippen molar-refractivity contribution in [2.24, 2.45) is 0 Å². The van der Waals surface area contributed by atoms with Gasteiger partial charge in [0.15, 0.2) is 0 Å². The lowest BCUT2D eigenvalue weighted by molar-refractivity contribution is -0.120. The van der Waals surface area contributed by atoms with E-state index in [0.29, 0.717) is 5.69 Å². The number of hydrogen-bond donors (Lipinski definition) is 1. The van der Waals surface area contributed by atoms with Crippen LogP contribution < -0.4 is 9.62 Å². The third kappa shape index (κ3) is 5.22. The lowest BCUT2D eigenvalue weighted by atomic mass is 10.1. The Balaban J connectivity index is 1.92. The van der Waals surface area contributed by atoms with Crippen LogP contribution in [0.2, 0.25) is 0 Å². The predicted molar refractivity (Wildman–Crippen MR) is 121 cm³/mol. The van der Waals surface area contributed by atoms with E-state index in [1.54, 1.807) is 30.3 Å². The van der Waals surface area contributed by atoms with E-state index in [1.807, 2.05) is 32.9 Å². The summed E-state index contributed by atoms with van der Waals surface area (Å²) in [6, 6.07) is 12.4. The van der Waals surface area contributed by atoms with Crippen LogP contribution in [-0.4, -0.2) is 26.9 Å². The molecule has 5 nitrogen and oxygen atoms in total. The number of aryl methyl sites for hydroxylation is 2. The molecule has 6 heteroatoms. The van der Waals surface area contributed by atoms with Gasteiger partial charge in [0.2, 0.25) is 5.91 Å². The highest BCUT2D eigenvalue weighted by atomic mass is 32.2. The molecule has 0 heterocycles. The van der Waals surface area contributed by atoms with Crippen molar-refractivity contribution in [3.8, 4) is 0 Å². The van der Waals surface area contributed by atoms with Gasteiger partial charge in [0, 0.05) is 6.04 Å². The van der Waals surface area contributed by atoms with Crippen LogP contribution in [0.5, 0.6) is 0 Å². The molecule has 1 N–H and O–H groups in total. The first-order chi connectivity index (χ1) is 14.3. The first-order valence-electron chi connectivity index (χ1n) is 10.7. The number of nitrogens with one attached hydrogen (secondary N) is 1. The van der Waals surface area contributed by atoms with Crippen molar-refractivity contribution in [1.82, 2.24) is 5.32 Å². The minimum Gasteiger partial charge on any atom is -0.352 e. The van der Waals surface area contributed by atoms with Crippen molar-refractivity contribution in [2.75, 3.05) is 10.8 Å². The van der Waals surface area contributed by atoms with Gasteiger partial charge in [-0.05, 0) is 62.9 Å². The number of amides is 1. The molecular formula is C24H32N2O3S. The number of rotatable bonds is 6. The van der Waals surface area contributed by atoms with Crippen molar-refractivity contribution >= 4 is 21.6 Å². The second-order valence-electron chi connectivity index (χ2n) is 8.30. The van der Waals surface area contributed by atoms with E-state index in [-0.39, 0.29) is 23.4 Å². The van der Waals surface area contributed by atoms with E-state index in [1.165, 1.54) is 17.1 Å². The van der Waals surface area contributed by atoms with Gasteiger partial charge in [-0.2, -0.15) is 0 Å². The molecule has 1 aliphatic rings. The van der Waals surface area contributed by atoms with Crippen LogP contribution in [0.4, 0.5) is 5.69 Å². The summed E-state index contributed by atoms with van der Waals surface area (Å²) in [7, 11) is -3.88. The molecule has 0 spiro atoms. The normalized spacial score (nSPS) is 15.4. The molecular weight excluding hydrogens is 396 g/mol. The van der Waals surface area contributed by atoms with Gasteiger partial charge >= 0.3 is 0 Å². The number of anilines is 1. The number of nitrogens with zero attached hydrogens (tertiary/aromatic N) is 1. The maximum Gasteiger partial charge on any atom is 0.264 e. The molecule has 0 radical (unpaired) electrons. The Kier molecular flexibility index (Phi) is 7.19. The molecule has 2 aromatic rings. The Bertz CT molecular complexity index is 976. The van der Waals surface area contributed by atoms with Crippen molar-refractivity contribution < 1.29 is 13.2 Å². The van der Waals surface area contributed by atoms with E-state index < -0.39 is 10.0 Å². The second-order valence-corrected chi connectivity index (χ2v) is 10.2. The van der Waals surface area contributed by atoms with Crippen LogP contribution in [0.25, 0.3) is 0 Å². The zero-order chi connectivity index (χ0) is 21.7. The summed E-state index contributed by atoms with van der Waals surface area (Å²) in [5, 5.41) is 3.08. The predicted octanol–water partition coefficient (Wildman–Crippen LogP) is 4.65. The maximum absolute atomic E-state index is 13.5. The molecule has 1 saturated carbocycles. The fraction of sp³-hybridized carbons (Fsp3) is 0.458. The topological polar surface area (TPSA) is 66.5 Å². The van der Waals surface area contributed by atoms with E-state index in [2.05, 4.69) is 5.32 Å². The zero-order valence-corrected chi connectivity index (χ0v) is 19.0. The molecule has 0 bridgehead atoms. The summed E-state index contributed by atoms with van der Waals surface area (Å²) in [5.74, 6) is -0.251. The minimum absolute atomic E-state index is 0.127. The lowest BCUT2D eigenvalue weighted by Crippen LogP contribution is -2.44. The Morgan fingerprint density at radius 1 is 0.967 bits per heavy atom. The van der Waals surface area contributed by atoms with E-state index in [4.69, 9.17) is 0 Å². The van der Waals surface area contributed by atoms with Crippen molar-refractivity contribution in [3.63, 3.8) is 0 Å². The third-order valence-corrected chi connectivity index (χ3v) is 7.74. The Hall–Kier alpha value is -2.34. The minimum atomic E-state index is -3.88. The quantitative estimate of drug-likeness (QED) is 0.681. The first-order valence-corrected chi connectivity index (χ1v) is 12.2. The summed E-state index contributed by atoms with van der Waals surface area (Å²) >= 11 is 0. The summed E-state index contributed by atoms with van der Waals surface area (Å²) in [4.78, 5) is 13.1. The number of sulfonamides is 1. The second kappa shape index (κ2) is 9.65. The SMILES string of the molecule is Cc1ccc(S(=O)(=O)N(CC(=O)NC2CCCCCC2)c2cccc(C)c2C)cc1. The van der Waals surface area contributed by atoms with E-state index in [9.17, 15) is 13.2 Å². The molecule has 0 unspecified atom stereocenters. The third-order valence-electron chi connectivity index (χ3n) is 5.96. The highest BCUT2D eigenvalue weighted by Crippen LogP contribution is 2.28. The summed E-state index contributed by atoms with van der Waals surface area (Å²) in [6.45, 7) is 5.53. The van der Waals surface area contributed by atoms with Gasteiger partial charge in [0.25, 0.3) is 10.0 Å². The number of hydrogen-bond acceptors (Lipinski definition) is 3. The smallest absolute Gasteiger partial charge is 0.264 e. The van der Waals surface area contributed by atoms with Crippen molar-refractivity contribution in [1.29, 1.82) is 0 Å². The van der Waals surface area contributed by atoms with Crippen LogP contribution >= 0.6 is 0 Å². The van der Waals surface area contributed by atoms with Crippen LogP contribution in [0.3, 0.4) is 0 Å². The summed E-state index contributed by atoms with van der Waals surface area (Å²) in [6.07, 6.45) is 6.52. The standard InChI is InChI=1S/C24H32N2O3S/c1-18-13-15-22(16-14-18)30(28,29)26(23-12-8-9-19(2)20(23)3)17-24(27)25-21-10-6-4-5-7-11-21/h8-9,12-16,21H,4-7,10-11,17H2,1-3H3,(H,25,27).